The number of halogens is 1. The van der Waals surface area contributed by atoms with Gasteiger partial charge in [-0.1, -0.05) is 0 Å². The van der Waals surface area contributed by atoms with Crippen molar-refractivity contribution in [2.75, 3.05) is 43.6 Å². The van der Waals surface area contributed by atoms with E-state index in [0.717, 1.165) is 56.1 Å². The maximum atomic E-state index is 13.3. The number of aryl methyl sites for hydroxylation is 1. The first-order valence-electron chi connectivity index (χ1n) is 9.11. The zero-order chi connectivity index (χ0) is 18.1. The van der Waals surface area contributed by atoms with Crippen LogP contribution in [0.15, 0.2) is 23.2 Å². The van der Waals surface area contributed by atoms with Crippen molar-refractivity contribution >= 4 is 23.4 Å². The molecular weight excluding hydrogens is 335 g/mol. The highest BCUT2D eigenvalue weighted by Gasteiger charge is 2.22. The Kier molecular flexibility index (Phi) is 8.38. The van der Waals surface area contributed by atoms with Crippen LogP contribution in [0.4, 0.5) is 10.1 Å². The van der Waals surface area contributed by atoms with E-state index in [1.807, 2.05) is 31.8 Å². The van der Waals surface area contributed by atoms with Crippen molar-refractivity contribution in [2.45, 2.75) is 38.6 Å². The Labute approximate surface area is 155 Å². The number of nitrogens with zero attached hydrogens (tertiary/aromatic N) is 2. The fourth-order valence-electron chi connectivity index (χ4n) is 3.25. The van der Waals surface area contributed by atoms with Gasteiger partial charge >= 0.3 is 0 Å². The van der Waals surface area contributed by atoms with Gasteiger partial charge in [0.05, 0.1) is 0 Å². The summed E-state index contributed by atoms with van der Waals surface area (Å²) in [5.74, 6) is 1.92. The molecule has 1 fully saturated rings. The monoisotopic (exact) mass is 366 g/mol. The van der Waals surface area contributed by atoms with Gasteiger partial charge in [0.2, 0.25) is 0 Å². The first kappa shape index (κ1) is 19.9. The van der Waals surface area contributed by atoms with Crippen molar-refractivity contribution in [3.05, 3.63) is 29.6 Å². The van der Waals surface area contributed by atoms with Crippen molar-refractivity contribution in [1.29, 1.82) is 0 Å². The Bertz CT molecular complexity index is 564. The molecule has 0 bridgehead atoms. The summed E-state index contributed by atoms with van der Waals surface area (Å²) in [6.07, 6.45) is 6.79. The zero-order valence-corrected chi connectivity index (χ0v) is 16.5. The zero-order valence-electron chi connectivity index (χ0n) is 15.6. The van der Waals surface area contributed by atoms with Crippen molar-refractivity contribution in [3.8, 4) is 0 Å². The van der Waals surface area contributed by atoms with E-state index < -0.39 is 0 Å². The summed E-state index contributed by atoms with van der Waals surface area (Å²) in [6, 6.07) is 5.41. The molecule has 1 heterocycles. The number of rotatable bonds is 7. The Balaban J connectivity index is 1.85. The van der Waals surface area contributed by atoms with Crippen LogP contribution in [0, 0.1) is 12.7 Å². The number of benzene rings is 1. The van der Waals surface area contributed by atoms with Gasteiger partial charge in [-0.05, 0) is 68.4 Å². The van der Waals surface area contributed by atoms with Crippen LogP contribution in [0.25, 0.3) is 0 Å². The van der Waals surface area contributed by atoms with Gasteiger partial charge < -0.3 is 15.5 Å². The Morgan fingerprint density at radius 1 is 1.40 bits per heavy atom. The third-order valence-electron chi connectivity index (χ3n) is 4.55. The molecule has 6 heteroatoms. The van der Waals surface area contributed by atoms with Crippen molar-refractivity contribution in [1.82, 2.24) is 10.6 Å². The molecule has 25 heavy (non-hydrogen) atoms. The highest BCUT2D eigenvalue weighted by molar-refractivity contribution is 7.98. The number of nitrogens with one attached hydrogen (secondary N) is 2. The van der Waals surface area contributed by atoms with Crippen LogP contribution >= 0.6 is 11.8 Å². The van der Waals surface area contributed by atoms with Gasteiger partial charge in [-0.15, -0.1) is 0 Å². The molecule has 2 rings (SSSR count). The van der Waals surface area contributed by atoms with E-state index in [-0.39, 0.29) is 5.82 Å². The van der Waals surface area contributed by atoms with E-state index in [0.29, 0.717) is 6.04 Å². The second kappa shape index (κ2) is 10.5. The van der Waals surface area contributed by atoms with Gasteiger partial charge in [0.25, 0.3) is 0 Å². The molecule has 1 aliphatic heterocycles. The van der Waals surface area contributed by atoms with Gasteiger partial charge in [0.15, 0.2) is 5.96 Å². The lowest BCUT2D eigenvalue weighted by molar-refractivity contribution is 0.467. The predicted molar refractivity (Wildman–Crippen MR) is 108 cm³/mol. The van der Waals surface area contributed by atoms with Crippen LogP contribution < -0.4 is 15.5 Å². The average molecular weight is 367 g/mol. The van der Waals surface area contributed by atoms with Gasteiger partial charge in [0.1, 0.15) is 5.82 Å². The molecule has 1 aliphatic rings. The summed E-state index contributed by atoms with van der Waals surface area (Å²) < 4.78 is 13.3. The molecule has 0 saturated carbocycles. The number of aliphatic imine (C=N–C) groups is 1. The lowest BCUT2D eigenvalue weighted by atomic mass is 10.0. The molecular formula is C19H31FN4S. The maximum absolute atomic E-state index is 13.3. The summed E-state index contributed by atoms with van der Waals surface area (Å²) in [5, 5.41) is 6.96. The number of piperidine rings is 1. The third kappa shape index (κ3) is 6.42. The molecule has 0 spiro atoms. The van der Waals surface area contributed by atoms with Crippen molar-refractivity contribution in [2.24, 2.45) is 4.99 Å². The number of thioether (sulfide) groups is 1. The number of guanidine groups is 1. The predicted octanol–water partition coefficient (Wildman–Crippen LogP) is 3.41. The normalized spacial score (nSPS) is 18.3. The molecule has 1 aromatic carbocycles. The SMILES string of the molecule is CN=C(NCCCCSC)NC1CCCN(c2ccc(F)cc2C)C1. The number of anilines is 1. The summed E-state index contributed by atoms with van der Waals surface area (Å²) in [7, 11) is 1.82. The first-order chi connectivity index (χ1) is 12.1. The van der Waals surface area contributed by atoms with Gasteiger partial charge in [-0.2, -0.15) is 11.8 Å². The summed E-state index contributed by atoms with van der Waals surface area (Å²) in [6.45, 7) is 4.86. The fourth-order valence-corrected chi connectivity index (χ4v) is 3.75. The molecule has 1 saturated heterocycles. The lowest BCUT2D eigenvalue weighted by Gasteiger charge is -2.36. The molecule has 0 radical (unpaired) electrons. The molecule has 140 valence electrons. The lowest BCUT2D eigenvalue weighted by Crippen LogP contribution is -2.51. The van der Waals surface area contributed by atoms with Gasteiger partial charge in [-0.3, -0.25) is 4.99 Å². The standard InChI is InChI=1S/C19H31FN4S/c1-15-13-16(20)8-9-18(15)24-11-6-7-17(14-24)23-19(21-2)22-10-4-5-12-25-3/h8-9,13,17H,4-7,10-12,14H2,1-3H3,(H2,21,22,23). The Morgan fingerprint density at radius 2 is 2.24 bits per heavy atom. The highest BCUT2D eigenvalue weighted by Crippen LogP contribution is 2.24. The Hall–Kier alpha value is -1.43. The molecule has 1 atom stereocenters. The largest absolute Gasteiger partial charge is 0.369 e. The van der Waals surface area contributed by atoms with Crippen molar-refractivity contribution in [3.63, 3.8) is 0 Å². The van der Waals surface area contributed by atoms with Gasteiger partial charge in [0, 0.05) is 38.4 Å². The Morgan fingerprint density at radius 3 is 2.96 bits per heavy atom. The quantitative estimate of drug-likeness (QED) is 0.441. The number of unbranched alkanes of at least 4 members (excludes halogenated alkanes) is 1. The van der Waals surface area contributed by atoms with E-state index in [1.54, 1.807) is 12.1 Å². The highest BCUT2D eigenvalue weighted by atomic mass is 32.2. The number of hydrogen-bond acceptors (Lipinski definition) is 3. The van der Waals surface area contributed by atoms with Crippen LogP contribution in [0.5, 0.6) is 0 Å². The smallest absolute Gasteiger partial charge is 0.191 e. The van der Waals surface area contributed by atoms with Crippen LogP contribution in [0.2, 0.25) is 0 Å². The van der Waals surface area contributed by atoms with Crippen LogP contribution in [-0.4, -0.2) is 50.7 Å². The minimum atomic E-state index is -0.168. The van der Waals surface area contributed by atoms with E-state index in [2.05, 4.69) is 26.8 Å². The molecule has 0 aliphatic carbocycles. The van der Waals surface area contributed by atoms with E-state index >= 15 is 0 Å². The molecule has 2 N–H and O–H groups in total. The number of hydrogen-bond donors (Lipinski definition) is 2. The van der Waals surface area contributed by atoms with Gasteiger partial charge in [-0.25, -0.2) is 4.39 Å². The average Bonchev–Trinajstić information content (AvgIpc) is 2.60. The third-order valence-corrected chi connectivity index (χ3v) is 5.25. The molecule has 1 aromatic rings. The van der Waals surface area contributed by atoms with Crippen LogP contribution in [0.1, 0.15) is 31.2 Å². The summed E-state index contributed by atoms with van der Waals surface area (Å²) in [5.41, 5.74) is 2.13. The van der Waals surface area contributed by atoms with Crippen molar-refractivity contribution < 1.29 is 4.39 Å². The topological polar surface area (TPSA) is 39.7 Å². The molecule has 1 unspecified atom stereocenters. The van der Waals surface area contributed by atoms with Crippen LogP contribution in [0.3, 0.4) is 0 Å². The van der Waals surface area contributed by atoms with Crippen LogP contribution in [-0.2, 0) is 0 Å². The fraction of sp³-hybridized carbons (Fsp3) is 0.632. The maximum Gasteiger partial charge on any atom is 0.191 e. The van der Waals surface area contributed by atoms with E-state index in [1.165, 1.54) is 12.2 Å². The minimum Gasteiger partial charge on any atom is -0.369 e. The van der Waals surface area contributed by atoms with E-state index in [9.17, 15) is 4.39 Å². The minimum absolute atomic E-state index is 0.168. The second-order valence-corrected chi connectivity index (χ2v) is 7.54. The molecule has 0 amide bonds. The van der Waals surface area contributed by atoms with E-state index in [4.69, 9.17) is 0 Å². The summed E-state index contributed by atoms with van der Waals surface area (Å²) >= 11 is 1.89. The molecule has 0 aromatic heterocycles. The molecule has 4 nitrogen and oxygen atoms in total. The first-order valence-corrected chi connectivity index (χ1v) is 10.5. The second-order valence-electron chi connectivity index (χ2n) is 6.56. The summed E-state index contributed by atoms with van der Waals surface area (Å²) in [4.78, 5) is 6.70.